The van der Waals surface area contributed by atoms with Gasteiger partial charge in [-0.3, -0.25) is 0 Å². The molecule has 3 nitrogen and oxygen atoms in total. The van der Waals surface area contributed by atoms with Crippen molar-refractivity contribution in [2.75, 3.05) is 6.61 Å². The highest BCUT2D eigenvalue weighted by Gasteiger charge is 2.28. The van der Waals surface area contributed by atoms with Gasteiger partial charge in [0.05, 0.1) is 17.2 Å². The minimum Gasteiger partial charge on any atom is -0.492 e. The Kier molecular flexibility index (Phi) is 4.77. The maximum absolute atomic E-state index is 13.7. The van der Waals surface area contributed by atoms with Crippen LogP contribution in [0.5, 0.6) is 5.75 Å². The second-order valence-electron chi connectivity index (χ2n) is 6.51. The third kappa shape index (κ3) is 4.10. The Morgan fingerprint density at radius 1 is 1.52 bits per heavy atom. The van der Waals surface area contributed by atoms with Gasteiger partial charge in [0.25, 0.3) is 0 Å². The van der Waals surface area contributed by atoms with Gasteiger partial charge in [0.15, 0.2) is 0 Å². The molecular weight excluding hydrogens is 295 g/mol. The molecule has 0 amide bonds. The second kappa shape index (κ2) is 6.22. The molecule has 1 aromatic rings. The molecule has 5 heteroatoms. The van der Waals surface area contributed by atoms with E-state index in [9.17, 15) is 9.18 Å². The largest absolute Gasteiger partial charge is 0.492 e. The highest BCUT2D eigenvalue weighted by atomic mass is 35.5. The summed E-state index contributed by atoms with van der Waals surface area (Å²) in [6, 6.07) is 2.15. The van der Waals surface area contributed by atoms with Crippen molar-refractivity contribution in [1.82, 2.24) is 0 Å². The van der Waals surface area contributed by atoms with E-state index in [-0.39, 0.29) is 10.8 Å². The molecule has 0 aromatic heterocycles. The van der Waals surface area contributed by atoms with Crippen LogP contribution in [0.1, 0.15) is 49.9 Å². The number of carboxylic acids is 1. The number of benzene rings is 1. The van der Waals surface area contributed by atoms with E-state index in [1.165, 1.54) is 12.8 Å². The molecule has 21 heavy (non-hydrogen) atoms. The number of rotatable bonds is 4. The highest BCUT2D eigenvalue weighted by molar-refractivity contribution is 6.32. The zero-order chi connectivity index (χ0) is 15.6. The SMILES string of the molecule is CC1(C)CCCC(COc2cc(F)c(C(=O)O)cc2Cl)C1. The first kappa shape index (κ1) is 16.1. The summed E-state index contributed by atoms with van der Waals surface area (Å²) in [5.41, 5.74) is -0.125. The number of hydrogen-bond donors (Lipinski definition) is 1. The van der Waals surface area contributed by atoms with Crippen LogP contribution in [0.15, 0.2) is 12.1 Å². The zero-order valence-corrected chi connectivity index (χ0v) is 13.0. The Morgan fingerprint density at radius 2 is 2.24 bits per heavy atom. The van der Waals surface area contributed by atoms with Crippen molar-refractivity contribution in [3.63, 3.8) is 0 Å². The third-order valence-electron chi connectivity index (χ3n) is 4.03. The fraction of sp³-hybridized carbons (Fsp3) is 0.562. The summed E-state index contributed by atoms with van der Waals surface area (Å²) in [5, 5.41) is 8.96. The Bertz CT molecular complexity index is 543. The van der Waals surface area contributed by atoms with Crippen LogP contribution in [-0.2, 0) is 0 Å². The van der Waals surface area contributed by atoms with Gasteiger partial charge in [0.2, 0.25) is 0 Å². The van der Waals surface area contributed by atoms with Crippen LogP contribution in [0.2, 0.25) is 5.02 Å². The quantitative estimate of drug-likeness (QED) is 0.870. The van der Waals surface area contributed by atoms with E-state index >= 15 is 0 Å². The van der Waals surface area contributed by atoms with E-state index in [1.54, 1.807) is 0 Å². The average molecular weight is 315 g/mol. The Labute approximate surface area is 129 Å². The molecule has 0 spiro atoms. The maximum atomic E-state index is 13.7. The molecule has 0 aliphatic heterocycles. The monoisotopic (exact) mass is 314 g/mol. The molecule has 116 valence electrons. The third-order valence-corrected chi connectivity index (χ3v) is 4.33. The van der Waals surface area contributed by atoms with Crippen molar-refractivity contribution >= 4 is 17.6 Å². The fourth-order valence-electron chi connectivity index (χ4n) is 3.01. The number of ether oxygens (including phenoxy) is 1. The topological polar surface area (TPSA) is 46.5 Å². The summed E-state index contributed by atoms with van der Waals surface area (Å²) in [6.45, 7) is 4.97. The lowest BCUT2D eigenvalue weighted by atomic mass is 9.72. The van der Waals surface area contributed by atoms with Crippen LogP contribution in [0.25, 0.3) is 0 Å². The fourth-order valence-corrected chi connectivity index (χ4v) is 3.23. The predicted molar refractivity (Wildman–Crippen MR) is 79.6 cm³/mol. The minimum atomic E-state index is -1.34. The van der Waals surface area contributed by atoms with E-state index in [1.807, 2.05) is 0 Å². The summed E-state index contributed by atoms with van der Waals surface area (Å²) in [5.74, 6) is -1.53. The summed E-state index contributed by atoms with van der Waals surface area (Å²) in [6.07, 6.45) is 4.55. The molecule has 1 N–H and O–H groups in total. The molecule has 1 fully saturated rings. The zero-order valence-electron chi connectivity index (χ0n) is 12.3. The molecule has 1 unspecified atom stereocenters. The molecule has 1 saturated carbocycles. The molecule has 2 rings (SSSR count). The first-order valence-electron chi connectivity index (χ1n) is 7.14. The van der Waals surface area contributed by atoms with Crippen LogP contribution in [0, 0.1) is 17.2 Å². The van der Waals surface area contributed by atoms with Gasteiger partial charge in [-0.2, -0.15) is 0 Å². The number of carbonyl (C=O) groups is 1. The maximum Gasteiger partial charge on any atom is 0.338 e. The van der Waals surface area contributed by atoms with Crippen molar-refractivity contribution in [1.29, 1.82) is 0 Å². The van der Waals surface area contributed by atoms with Crippen molar-refractivity contribution in [2.24, 2.45) is 11.3 Å². The first-order valence-corrected chi connectivity index (χ1v) is 7.51. The Hall–Kier alpha value is -1.29. The van der Waals surface area contributed by atoms with Gasteiger partial charge >= 0.3 is 5.97 Å². The number of aromatic carboxylic acids is 1. The second-order valence-corrected chi connectivity index (χ2v) is 6.91. The number of halogens is 2. The lowest BCUT2D eigenvalue weighted by Crippen LogP contribution is -2.26. The highest BCUT2D eigenvalue weighted by Crippen LogP contribution is 2.39. The number of carboxylic acid groups (broad SMARTS) is 1. The normalized spacial score (nSPS) is 21.0. The van der Waals surface area contributed by atoms with E-state index in [0.717, 1.165) is 25.0 Å². The van der Waals surface area contributed by atoms with E-state index in [4.69, 9.17) is 21.4 Å². The van der Waals surface area contributed by atoms with Crippen LogP contribution in [0.4, 0.5) is 4.39 Å². The summed E-state index contributed by atoms with van der Waals surface area (Å²) < 4.78 is 19.3. The van der Waals surface area contributed by atoms with Crippen LogP contribution in [0.3, 0.4) is 0 Å². The van der Waals surface area contributed by atoms with Crippen molar-refractivity contribution in [3.05, 3.63) is 28.5 Å². The first-order chi connectivity index (χ1) is 9.78. The van der Waals surface area contributed by atoms with Crippen LogP contribution >= 0.6 is 11.6 Å². The molecular formula is C16H20ClFO3. The molecule has 1 aliphatic rings. The van der Waals surface area contributed by atoms with Crippen molar-refractivity contribution < 1.29 is 19.0 Å². The molecule has 1 atom stereocenters. The van der Waals surface area contributed by atoms with E-state index in [0.29, 0.717) is 17.9 Å². The van der Waals surface area contributed by atoms with Crippen molar-refractivity contribution in [3.8, 4) is 5.75 Å². The molecule has 0 heterocycles. The minimum absolute atomic E-state index is 0.129. The van der Waals surface area contributed by atoms with Gasteiger partial charge in [-0.25, -0.2) is 9.18 Å². The van der Waals surface area contributed by atoms with Gasteiger partial charge in [0.1, 0.15) is 11.6 Å². The predicted octanol–water partition coefficient (Wildman–Crippen LogP) is 4.77. The van der Waals surface area contributed by atoms with Crippen LogP contribution in [-0.4, -0.2) is 17.7 Å². The molecule has 1 aliphatic carbocycles. The van der Waals surface area contributed by atoms with Gasteiger partial charge in [-0.15, -0.1) is 0 Å². The van der Waals surface area contributed by atoms with Gasteiger partial charge in [-0.1, -0.05) is 31.9 Å². The van der Waals surface area contributed by atoms with Crippen molar-refractivity contribution in [2.45, 2.75) is 39.5 Å². The Balaban J connectivity index is 2.03. The van der Waals surface area contributed by atoms with Gasteiger partial charge in [-0.05, 0) is 36.7 Å². The lowest BCUT2D eigenvalue weighted by Gasteiger charge is -2.35. The summed E-state index contributed by atoms with van der Waals surface area (Å²) in [4.78, 5) is 10.8. The van der Waals surface area contributed by atoms with Crippen LogP contribution < -0.4 is 4.74 Å². The average Bonchev–Trinajstić information content (AvgIpc) is 2.38. The smallest absolute Gasteiger partial charge is 0.338 e. The number of hydrogen-bond acceptors (Lipinski definition) is 2. The summed E-state index contributed by atoms with van der Waals surface area (Å²) in [7, 11) is 0. The summed E-state index contributed by atoms with van der Waals surface area (Å²) >= 11 is 5.96. The van der Waals surface area contributed by atoms with Gasteiger partial charge < -0.3 is 9.84 Å². The molecule has 0 saturated heterocycles. The van der Waals surface area contributed by atoms with E-state index < -0.39 is 17.3 Å². The Morgan fingerprint density at radius 3 is 2.86 bits per heavy atom. The molecule has 0 radical (unpaired) electrons. The lowest BCUT2D eigenvalue weighted by molar-refractivity contribution is 0.0691. The molecule has 1 aromatic carbocycles. The molecule has 0 bridgehead atoms. The van der Waals surface area contributed by atoms with E-state index in [2.05, 4.69) is 13.8 Å². The standard InChI is InChI=1S/C16H20ClFO3/c1-16(2)5-3-4-10(8-16)9-21-14-7-13(18)11(15(19)20)6-12(14)17/h6-7,10H,3-5,8-9H2,1-2H3,(H,19,20). The van der Waals surface area contributed by atoms with Gasteiger partial charge in [0, 0.05) is 6.07 Å².